The lowest BCUT2D eigenvalue weighted by Crippen LogP contribution is -2.01. The van der Waals surface area contributed by atoms with Gasteiger partial charge in [0.15, 0.2) is 0 Å². The second kappa shape index (κ2) is 5.82. The molecular weight excluding hydrogens is 302 g/mol. The summed E-state index contributed by atoms with van der Waals surface area (Å²) in [5.41, 5.74) is 5.31. The van der Waals surface area contributed by atoms with Crippen molar-refractivity contribution in [3.63, 3.8) is 0 Å². The molecule has 4 rings (SSSR count). The molecule has 0 aliphatic carbocycles. The number of thiophene rings is 1. The van der Waals surface area contributed by atoms with Crippen LogP contribution in [0.15, 0.2) is 66.0 Å². The largest absolute Gasteiger partial charge is 0.212 e. The van der Waals surface area contributed by atoms with Gasteiger partial charge < -0.3 is 0 Å². The number of hydrogen-bond acceptors (Lipinski definition) is 3. The number of benzene rings is 2. The molecule has 0 bridgehead atoms. The van der Waals surface area contributed by atoms with E-state index in [0.29, 0.717) is 0 Å². The van der Waals surface area contributed by atoms with E-state index in [1.165, 1.54) is 10.4 Å². The molecule has 0 saturated carbocycles. The second-order valence-electron chi connectivity index (χ2n) is 5.40. The summed E-state index contributed by atoms with van der Waals surface area (Å²) in [5, 5.41) is 10.7. The van der Waals surface area contributed by atoms with Gasteiger partial charge in [-0.2, -0.15) is 0 Å². The fourth-order valence-corrected chi connectivity index (χ4v) is 3.20. The first-order valence-corrected chi connectivity index (χ1v) is 8.32. The SMILES string of the molecule is Cc1ccc(/C(=C/c2cccs2)n2nnc3ccccc32)cc1. The Morgan fingerprint density at radius 1 is 1.00 bits per heavy atom. The van der Waals surface area contributed by atoms with Crippen LogP contribution in [0.25, 0.3) is 22.8 Å². The molecule has 0 unspecified atom stereocenters. The number of rotatable bonds is 3. The highest BCUT2D eigenvalue weighted by Gasteiger charge is 2.11. The molecule has 2 heterocycles. The Morgan fingerprint density at radius 3 is 2.61 bits per heavy atom. The standard InChI is InChI=1S/C19H15N3S/c1-14-8-10-15(11-9-14)19(13-16-5-4-12-23-16)22-18-7-3-2-6-17(18)20-21-22/h2-13H,1H3/b19-13-. The zero-order valence-corrected chi connectivity index (χ0v) is 13.5. The van der Waals surface area contributed by atoms with Crippen LogP contribution in [0.3, 0.4) is 0 Å². The predicted octanol–water partition coefficient (Wildman–Crippen LogP) is 4.85. The Bertz CT molecular complexity index is 963. The topological polar surface area (TPSA) is 30.7 Å². The summed E-state index contributed by atoms with van der Waals surface area (Å²) in [6.45, 7) is 2.09. The van der Waals surface area contributed by atoms with Crippen LogP contribution < -0.4 is 0 Å². The minimum absolute atomic E-state index is 0.900. The molecule has 0 saturated heterocycles. The molecule has 0 radical (unpaired) electrons. The third-order valence-electron chi connectivity index (χ3n) is 3.75. The van der Waals surface area contributed by atoms with E-state index in [-0.39, 0.29) is 0 Å². The molecule has 4 heteroatoms. The second-order valence-corrected chi connectivity index (χ2v) is 6.38. The smallest absolute Gasteiger partial charge is 0.113 e. The number of nitrogens with zero attached hydrogens (tertiary/aromatic N) is 3. The van der Waals surface area contributed by atoms with E-state index in [1.807, 2.05) is 28.9 Å². The predicted molar refractivity (Wildman–Crippen MR) is 96.3 cm³/mol. The van der Waals surface area contributed by atoms with Gasteiger partial charge in [-0.1, -0.05) is 53.2 Å². The summed E-state index contributed by atoms with van der Waals surface area (Å²) in [6.07, 6.45) is 2.16. The van der Waals surface area contributed by atoms with Gasteiger partial charge in [-0.3, -0.25) is 0 Å². The third kappa shape index (κ3) is 2.69. The zero-order valence-electron chi connectivity index (χ0n) is 12.7. The van der Waals surface area contributed by atoms with Crippen molar-refractivity contribution in [1.82, 2.24) is 15.0 Å². The number of aryl methyl sites for hydroxylation is 1. The van der Waals surface area contributed by atoms with Gasteiger partial charge in [0, 0.05) is 10.4 Å². The van der Waals surface area contributed by atoms with Crippen LogP contribution in [0.1, 0.15) is 16.0 Å². The Balaban J connectivity index is 1.93. The van der Waals surface area contributed by atoms with Crippen molar-refractivity contribution in [2.75, 3.05) is 0 Å². The fraction of sp³-hybridized carbons (Fsp3) is 0.0526. The maximum atomic E-state index is 4.38. The fourth-order valence-electron chi connectivity index (χ4n) is 2.55. The number of aromatic nitrogens is 3. The molecule has 2 aromatic carbocycles. The van der Waals surface area contributed by atoms with E-state index in [2.05, 4.69) is 65.1 Å². The molecule has 0 aliphatic heterocycles. The van der Waals surface area contributed by atoms with Crippen LogP contribution in [0.2, 0.25) is 0 Å². The lowest BCUT2D eigenvalue weighted by molar-refractivity contribution is 0.843. The van der Waals surface area contributed by atoms with Crippen LogP contribution in [-0.2, 0) is 0 Å². The van der Waals surface area contributed by atoms with Crippen molar-refractivity contribution < 1.29 is 0 Å². The quantitative estimate of drug-likeness (QED) is 0.541. The molecule has 0 aliphatic rings. The number of hydrogen-bond donors (Lipinski definition) is 0. The first-order chi connectivity index (χ1) is 11.3. The molecular formula is C19H15N3S. The molecule has 0 atom stereocenters. The lowest BCUT2D eigenvalue weighted by Gasteiger charge is -2.09. The van der Waals surface area contributed by atoms with Crippen LogP contribution in [-0.4, -0.2) is 15.0 Å². The maximum absolute atomic E-state index is 4.38. The summed E-state index contributed by atoms with van der Waals surface area (Å²) in [4.78, 5) is 1.19. The van der Waals surface area contributed by atoms with Gasteiger partial charge in [0.2, 0.25) is 0 Å². The Labute approximate surface area is 138 Å². The highest BCUT2D eigenvalue weighted by Crippen LogP contribution is 2.25. The molecule has 4 aromatic rings. The van der Waals surface area contributed by atoms with E-state index in [0.717, 1.165) is 22.3 Å². The van der Waals surface area contributed by atoms with Crippen LogP contribution in [0.4, 0.5) is 0 Å². The van der Waals surface area contributed by atoms with Gasteiger partial charge in [-0.05, 0) is 36.6 Å². The van der Waals surface area contributed by atoms with E-state index in [4.69, 9.17) is 0 Å². The molecule has 0 amide bonds. The molecule has 2 aromatic heterocycles. The average molecular weight is 317 g/mol. The maximum Gasteiger partial charge on any atom is 0.113 e. The van der Waals surface area contributed by atoms with Crippen molar-refractivity contribution in [2.45, 2.75) is 6.92 Å². The molecule has 112 valence electrons. The highest BCUT2D eigenvalue weighted by molar-refractivity contribution is 7.10. The van der Waals surface area contributed by atoms with Crippen molar-refractivity contribution >= 4 is 34.1 Å². The van der Waals surface area contributed by atoms with Crippen LogP contribution in [0, 0.1) is 6.92 Å². The highest BCUT2D eigenvalue weighted by atomic mass is 32.1. The minimum atomic E-state index is 0.900. The normalized spacial score (nSPS) is 12.0. The van der Waals surface area contributed by atoms with E-state index in [1.54, 1.807) is 11.3 Å². The summed E-state index contributed by atoms with van der Waals surface area (Å²) in [5.74, 6) is 0. The van der Waals surface area contributed by atoms with E-state index >= 15 is 0 Å². The van der Waals surface area contributed by atoms with E-state index < -0.39 is 0 Å². The molecule has 3 nitrogen and oxygen atoms in total. The van der Waals surface area contributed by atoms with Crippen LogP contribution in [0.5, 0.6) is 0 Å². The molecule has 0 N–H and O–H groups in total. The van der Waals surface area contributed by atoms with Gasteiger partial charge in [-0.15, -0.1) is 16.4 Å². The van der Waals surface area contributed by atoms with Gasteiger partial charge in [0.1, 0.15) is 5.52 Å². The van der Waals surface area contributed by atoms with Crippen molar-refractivity contribution in [1.29, 1.82) is 0 Å². The summed E-state index contributed by atoms with van der Waals surface area (Å²) >= 11 is 1.71. The summed E-state index contributed by atoms with van der Waals surface area (Å²) in [7, 11) is 0. The number of para-hydroxylation sites is 1. The monoisotopic (exact) mass is 317 g/mol. The van der Waals surface area contributed by atoms with Gasteiger partial charge in [-0.25, -0.2) is 4.68 Å². The minimum Gasteiger partial charge on any atom is -0.212 e. The van der Waals surface area contributed by atoms with Crippen molar-refractivity contribution in [3.05, 3.63) is 82.0 Å². The summed E-state index contributed by atoms with van der Waals surface area (Å²) < 4.78 is 1.92. The summed E-state index contributed by atoms with van der Waals surface area (Å²) in [6, 6.07) is 20.7. The van der Waals surface area contributed by atoms with E-state index in [9.17, 15) is 0 Å². The van der Waals surface area contributed by atoms with Crippen LogP contribution >= 0.6 is 11.3 Å². The first-order valence-electron chi connectivity index (χ1n) is 7.44. The Kier molecular flexibility index (Phi) is 3.52. The molecule has 0 spiro atoms. The van der Waals surface area contributed by atoms with Gasteiger partial charge >= 0.3 is 0 Å². The first kappa shape index (κ1) is 13.9. The lowest BCUT2D eigenvalue weighted by atomic mass is 10.1. The Morgan fingerprint density at radius 2 is 1.83 bits per heavy atom. The van der Waals surface area contributed by atoms with Crippen molar-refractivity contribution in [3.8, 4) is 0 Å². The zero-order chi connectivity index (χ0) is 15.6. The molecule has 23 heavy (non-hydrogen) atoms. The number of fused-ring (bicyclic) bond motifs is 1. The van der Waals surface area contributed by atoms with Gasteiger partial charge in [0.25, 0.3) is 0 Å². The Hall–Kier alpha value is -2.72. The van der Waals surface area contributed by atoms with Crippen molar-refractivity contribution in [2.24, 2.45) is 0 Å². The average Bonchev–Trinajstić information content (AvgIpc) is 3.23. The van der Waals surface area contributed by atoms with Gasteiger partial charge in [0.05, 0.1) is 11.2 Å². The molecule has 0 fully saturated rings. The third-order valence-corrected chi connectivity index (χ3v) is 4.57.